The van der Waals surface area contributed by atoms with E-state index in [-0.39, 0.29) is 0 Å². The average molecular weight is 287 g/mol. The number of hydrogen-bond acceptors (Lipinski definition) is 3. The molecule has 0 spiro atoms. The monoisotopic (exact) mass is 287 g/mol. The molecular formula is C12H16F3N5. The van der Waals surface area contributed by atoms with E-state index in [9.17, 15) is 13.2 Å². The number of nitrogens with one attached hydrogen (secondary N) is 1. The van der Waals surface area contributed by atoms with Gasteiger partial charge in [-0.1, -0.05) is 0 Å². The smallest absolute Gasteiger partial charge is 0.307 e. The molecule has 0 saturated carbocycles. The van der Waals surface area contributed by atoms with Crippen LogP contribution in [0, 0.1) is 6.92 Å². The largest absolute Gasteiger partial charge is 0.435 e. The SMILES string of the molecule is Cc1c(CNCc2cc(C(F)(F)F)nn2C)cnn1C. The average Bonchev–Trinajstić information content (AvgIpc) is 2.87. The number of aryl methyl sites for hydroxylation is 2. The molecule has 0 aromatic carbocycles. The molecule has 2 aromatic heterocycles. The highest BCUT2D eigenvalue weighted by Crippen LogP contribution is 2.28. The van der Waals surface area contributed by atoms with E-state index in [0.29, 0.717) is 18.8 Å². The molecule has 110 valence electrons. The summed E-state index contributed by atoms with van der Waals surface area (Å²) < 4.78 is 40.5. The maximum absolute atomic E-state index is 12.5. The van der Waals surface area contributed by atoms with Gasteiger partial charge in [0.05, 0.1) is 11.9 Å². The Balaban J connectivity index is 1.98. The van der Waals surface area contributed by atoms with Crippen molar-refractivity contribution in [2.45, 2.75) is 26.2 Å². The zero-order valence-electron chi connectivity index (χ0n) is 11.5. The summed E-state index contributed by atoms with van der Waals surface area (Å²) in [6.45, 7) is 2.80. The molecule has 5 nitrogen and oxygen atoms in total. The third-order valence-electron chi connectivity index (χ3n) is 3.23. The maximum Gasteiger partial charge on any atom is 0.435 e. The van der Waals surface area contributed by atoms with Crippen LogP contribution in [0.5, 0.6) is 0 Å². The molecule has 0 fully saturated rings. The molecule has 0 radical (unpaired) electrons. The van der Waals surface area contributed by atoms with Gasteiger partial charge in [-0.25, -0.2) is 0 Å². The number of rotatable bonds is 4. The van der Waals surface area contributed by atoms with Crippen LogP contribution in [0.4, 0.5) is 13.2 Å². The zero-order valence-corrected chi connectivity index (χ0v) is 11.5. The Labute approximate surface area is 114 Å². The Bertz CT molecular complexity index is 597. The van der Waals surface area contributed by atoms with Crippen LogP contribution < -0.4 is 5.32 Å². The van der Waals surface area contributed by atoms with Crippen LogP contribution in [-0.4, -0.2) is 19.6 Å². The lowest BCUT2D eigenvalue weighted by Gasteiger charge is -2.04. The number of hydrogen-bond donors (Lipinski definition) is 1. The molecule has 2 aromatic rings. The highest BCUT2D eigenvalue weighted by molar-refractivity contribution is 5.16. The van der Waals surface area contributed by atoms with Crippen molar-refractivity contribution in [2.75, 3.05) is 0 Å². The van der Waals surface area contributed by atoms with E-state index in [1.807, 2.05) is 14.0 Å². The molecule has 8 heteroatoms. The highest BCUT2D eigenvalue weighted by Gasteiger charge is 2.34. The molecule has 0 aliphatic heterocycles. The normalized spacial score (nSPS) is 12.1. The van der Waals surface area contributed by atoms with E-state index >= 15 is 0 Å². The summed E-state index contributed by atoms with van der Waals surface area (Å²) in [7, 11) is 3.34. The summed E-state index contributed by atoms with van der Waals surface area (Å²) >= 11 is 0. The van der Waals surface area contributed by atoms with Crippen molar-refractivity contribution in [3.8, 4) is 0 Å². The first-order chi connectivity index (χ1) is 9.29. The van der Waals surface area contributed by atoms with E-state index in [4.69, 9.17) is 0 Å². The van der Waals surface area contributed by atoms with E-state index in [1.165, 1.54) is 11.7 Å². The van der Waals surface area contributed by atoms with Crippen molar-refractivity contribution in [1.29, 1.82) is 0 Å². The molecule has 2 heterocycles. The van der Waals surface area contributed by atoms with Crippen LogP contribution in [0.3, 0.4) is 0 Å². The predicted octanol–water partition coefficient (Wildman–Crippen LogP) is 1.77. The van der Waals surface area contributed by atoms with Crippen molar-refractivity contribution in [3.05, 3.63) is 34.9 Å². The number of aromatic nitrogens is 4. The van der Waals surface area contributed by atoms with Gasteiger partial charge in [-0.3, -0.25) is 9.36 Å². The molecule has 0 amide bonds. The number of nitrogens with zero attached hydrogens (tertiary/aromatic N) is 4. The van der Waals surface area contributed by atoms with Crippen molar-refractivity contribution >= 4 is 0 Å². The van der Waals surface area contributed by atoms with Gasteiger partial charge in [-0.15, -0.1) is 0 Å². The third kappa shape index (κ3) is 3.01. The summed E-state index contributed by atoms with van der Waals surface area (Å²) in [6.07, 6.45) is -2.66. The van der Waals surface area contributed by atoms with Gasteiger partial charge < -0.3 is 5.32 Å². The second-order valence-corrected chi connectivity index (χ2v) is 4.62. The van der Waals surface area contributed by atoms with E-state index in [2.05, 4.69) is 15.5 Å². The van der Waals surface area contributed by atoms with Crippen LogP contribution in [0.15, 0.2) is 12.3 Å². The van der Waals surface area contributed by atoms with E-state index in [0.717, 1.165) is 17.3 Å². The van der Waals surface area contributed by atoms with Gasteiger partial charge >= 0.3 is 6.18 Å². The minimum atomic E-state index is -4.41. The van der Waals surface area contributed by atoms with Gasteiger partial charge in [-0.05, 0) is 13.0 Å². The van der Waals surface area contributed by atoms with E-state index in [1.54, 1.807) is 10.9 Å². The fraction of sp³-hybridized carbons (Fsp3) is 0.500. The number of halogens is 3. The quantitative estimate of drug-likeness (QED) is 0.932. The molecule has 0 saturated heterocycles. The van der Waals surface area contributed by atoms with Crippen molar-refractivity contribution in [2.24, 2.45) is 14.1 Å². The first-order valence-electron chi connectivity index (χ1n) is 6.07. The standard InChI is InChI=1S/C12H16F3N5/c1-8-9(6-17-19(8)2)5-16-7-10-4-11(12(13,14)15)18-20(10)3/h4,6,16H,5,7H2,1-3H3. The fourth-order valence-corrected chi connectivity index (χ4v) is 1.85. The van der Waals surface area contributed by atoms with Gasteiger partial charge in [0.2, 0.25) is 0 Å². The Morgan fingerprint density at radius 3 is 2.40 bits per heavy atom. The summed E-state index contributed by atoms with van der Waals surface area (Å²) in [5.41, 5.74) is 1.66. The Hall–Kier alpha value is -1.83. The minimum absolute atomic E-state index is 0.313. The van der Waals surface area contributed by atoms with Crippen molar-refractivity contribution in [3.63, 3.8) is 0 Å². The molecule has 0 atom stereocenters. The van der Waals surface area contributed by atoms with Gasteiger partial charge in [0.25, 0.3) is 0 Å². The zero-order chi connectivity index (χ0) is 14.9. The van der Waals surface area contributed by atoms with Crippen LogP contribution in [-0.2, 0) is 33.4 Å². The van der Waals surface area contributed by atoms with Crippen molar-refractivity contribution < 1.29 is 13.2 Å². The molecule has 0 bridgehead atoms. The molecule has 0 aliphatic rings. The third-order valence-corrected chi connectivity index (χ3v) is 3.23. The van der Waals surface area contributed by atoms with Gasteiger partial charge in [0.15, 0.2) is 5.69 Å². The fourth-order valence-electron chi connectivity index (χ4n) is 1.85. The Morgan fingerprint density at radius 1 is 1.20 bits per heavy atom. The van der Waals surface area contributed by atoms with Gasteiger partial charge in [0, 0.05) is 38.4 Å². The predicted molar refractivity (Wildman–Crippen MR) is 66.7 cm³/mol. The summed E-state index contributed by atoms with van der Waals surface area (Å²) in [6, 6.07) is 1.06. The first-order valence-corrected chi connectivity index (χ1v) is 6.07. The van der Waals surface area contributed by atoms with Crippen LogP contribution in [0.1, 0.15) is 22.6 Å². The van der Waals surface area contributed by atoms with Crippen LogP contribution >= 0.6 is 0 Å². The first kappa shape index (κ1) is 14.6. The van der Waals surface area contributed by atoms with Gasteiger partial charge in [0.1, 0.15) is 0 Å². The molecular weight excluding hydrogens is 271 g/mol. The molecule has 0 aliphatic carbocycles. The Morgan fingerprint density at radius 2 is 1.90 bits per heavy atom. The minimum Gasteiger partial charge on any atom is -0.307 e. The maximum atomic E-state index is 12.5. The van der Waals surface area contributed by atoms with E-state index < -0.39 is 11.9 Å². The lowest BCUT2D eigenvalue weighted by molar-refractivity contribution is -0.141. The second kappa shape index (κ2) is 5.28. The summed E-state index contributed by atoms with van der Waals surface area (Å²) in [5, 5.41) is 10.7. The lowest BCUT2D eigenvalue weighted by atomic mass is 10.2. The molecule has 0 unspecified atom stereocenters. The lowest BCUT2D eigenvalue weighted by Crippen LogP contribution is -2.15. The van der Waals surface area contributed by atoms with Gasteiger partial charge in [-0.2, -0.15) is 23.4 Å². The summed E-state index contributed by atoms with van der Waals surface area (Å²) in [4.78, 5) is 0. The van der Waals surface area contributed by atoms with Crippen LogP contribution in [0.25, 0.3) is 0 Å². The molecule has 2 rings (SSSR count). The summed E-state index contributed by atoms with van der Waals surface area (Å²) in [5.74, 6) is 0. The Kier molecular flexibility index (Phi) is 3.85. The molecule has 20 heavy (non-hydrogen) atoms. The van der Waals surface area contributed by atoms with Crippen molar-refractivity contribution in [1.82, 2.24) is 24.9 Å². The highest BCUT2D eigenvalue weighted by atomic mass is 19.4. The molecule has 1 N–H and O–H groups in total. The number of alkyl halides is 3. The van der Waals surface area contributed by atoms with Crippen LogP contribution in [0.2, 0.25) is 0 Å². The topological polar surface area (TPSA) is 47.7 Å². The second-order valence-electron chi connectivity index (χ2n) is 4.62.